The van der Waals surface area contributed by atoms with Crippen molar-refractivity contribution in [2.75, 3.05) is 46.8 Å². The molecule has 0 spiro atoms. The average Bonchev–Trinajstić information content (AvgIpc) is 2.71. The molecule has 1 aromatic carbocycles. The van der Waals surface area contributed by atoms with Crippen LogP contribution in [-0.4, -0.2) is 57.8 Å². The van der Waals surface area contributed by atoms with E-state index in [-0.39, 0.29) is 0 Å². The van der Waals surface area contributed by atoms with Crippen LogP contribution in [0.3, 0.4) is 0 Å². The number of nitrogens with one attached hydrogen (secondary N) is 1. The van der Waals surface area contributed by atoms with E-state index in [2.05, 4.69) is 28.2 Å². The first-order valence-corrected chi connectivity index (χ1v) is 9.31. The zero-order chi connectivity index (χ0) is 20.5. The van der Waals surface area contributed by atoms with Crippen LogP contribution in [0, 0.1) is 0 Å². The predicted molar refractivity (Wildman–Crippen MR) is 114 cm³/mol. The lowest BCUT2D eigenvalue weighted by Gasteiger charge is -2.23. The third-order valence-corrected chi connectivity index (χ3v) is 4.28. The molecule has 0 aliphatic carbocycles. The van der Waals surface area contributed by atoms with Gasteiger partial charge in [0, 0.05) is 52.1 Å². The molecule has 2 aromatic rings. The molecule has 0 unspecified atom stereocenters. The van der Waals surface area contributed by atoms with E-state index in [0.29, 0.717) is 13.1 Å². The second kappa shape index (κ2) is 10.4. The molecule has 0 aliphatic rings. The van der Waals surface area contributed by atoms with Crippen LogP contribution >= 0.6 is 0 Å². The zero-order valence-corrected chi connectivity index (χ0v) is 17.7. The summed E-state index contributed by atoms with van der Waals surface area (Å²) in [6.07, 6.45) is 1.82. The number of nitrogens with zero attached hydrogens (tertiary/aromatic N) is 4. The Bertz CT molecular complexity index is 792. The van der Waals surface area contributed by atoms with Crippen molar-refractivity contribution in [1.82, 2.24) is 15.2 Å². The van der Waals surface area contributed by atoms with Gasteiger partial charge >= 0.3 is 0 Å². The van der Waals surface area contributed by atoms with Crippen molar-refractivity contribution in [3.05, 3.63) is 47.7 Å². The highest BCUT2D eigenvalue weighted by molar-refractivity contribution is 5.79. The molecule has 2 rings (SSSR count). The minimum Gasteiger partial charge on any atom is -0.497 e. The van der Waals surface area contributed by atoms with Crippen molar-refractivity contribution in [1.29, 1.82) is 0 Å². The number of aliphatic imine (C=N–C) groups is 1. The normalized spacial score (nSPS) is 11.1. The Morgan fingerprint density at radius 1 is 1.11 bits per heavy atom. The van der Waals surface area contributed by atoms with E-state index in [1.807, 2.05) is 56.5 Å². The van der Waals surface area contributed by atoms with Crippen molar-refractivity contribution in [2.24, 2.45) is 4.99 Å². The molecule has 0 radical (unpaired) electrons. The van der Waals surface area contributed by atoms with Crippen molar-refractivity contribution < 1.29 is 9.47 Å². The van der Waals surface area contributed by atoms with Gasteiger partial charge in [0.1, 0.15) is 17.3 Å². The predicted octanol–water partition coefficient (Wildman–Crippen LogP) is 2.76. The highest BCUT2D eigenvalue weighted by atomic mass is 16.5. The standard InChI is InChI=1S/C21H31N5O2/c1-7-22-21(24-14-16-10-11-23-20(12-16)25(2)3)26(4)15-17-8-9-18(27-5)13-19(17)28-6/h8-13H,7,14-15H2,1-6H3,(H,22,24). The monoisotopic (exact) mass is 385 g/mol. The molecule has 0 saturated carbocycles. The fraction of sp³-hybridized carbons (Fsp3) is 0.429. The van der Waals surface area contributed by atoms with Crippen LogP contribution < -0.4 is 19.7 Å². The van der Waals surface area contributed by atoms with Gasteiger partial charge in [-0.1, -0.05) is 0 Å². The molecule has 152 valence electrons. The van der Waals surface area contributed by atoms with Gasteiger partial charge in [-0.3, -0.25) is 0 Å². The number of hydrogen-bond donors (Lipinski definition) is 1. The Morgan fingerprint density at radius 3 is 2.54 bits per heavy atom. The summed E-state index contributed by atoms with van der Waals surface area (Å²) in [7, 11) is 9.30. The molecule has 28 heavy (non-hydrogen) atoms. The molecule has 0 fully saturated rings. The first kappa shape index (κ1) is 21.3. The van der Waals surface area contributed by atoms with Crippen molar-refractivity contribution >= 4 is 11.8 Å². The van der Waals surface area contributed by atoms with E-state index >= 15 is 0 Å². The largest absolute Gasteiger partial charge is 0.497 e. The van der Waals surface area contributed by atoms with E-state index in [0.717, 1.165) is 40.9 Å². The van der Waals surface area contributed by atoms with Gasteiger partial charge in [0.2, 0.25) is 0 Å². The number of hydrogen-bond acceptors (Lipinski definition) is 5. The molecular weight excluding hydrogens is 354 g/mol. The highest BCUT2D eigenvalue weighted by Gasteiger charge is 2.11. The maximum Gasteiger partial charge on any atom is 0.194 e. The van der Waals surface area contributed by atoms with Gasteiger partial charge in [-0.25, -0.2) is 9.98 Å². The maximum atomic E-state index is 5.51. The minimum absolute atomic E-state index is 0.579. The average molecular weight is 386 g/mol. The quantitative estimate of drug-likeness (QED) is 0.557. The minimum atomic E-state index is 0.579. The van der Waals surface area contributed by atoms with Crippen molar-refractivity contribution in [3.63, 3.8) is 0 Å². The van der Waals surface area contributed by atoms with E-state index in [9.17, 15) is 0 Å². The van der Waals surface area contributed by atoms with Gasteiger partial charge in [-0.2, -0.15) is 0 Å². The fourth-order valence-electron chi connectivity index (χ4n) is 2.75. The van der Waals surface area contributed by atoms with Gasteiger partial charge in [0.05, 0.1) is 20.8 Å². The van der Waals surface area contributed by atoms with Gasteiger partial charge in [0.25, 0.3) is 0 Å². The lowest BCUT2D eigenvalue weighted by molar-refractivity contribution is 0.382. The molecule has 1 N–H and O–H groups in total. The van der Waals surface area contributed by atoms with E-state index in [1.165, 1.54) is 0 Å². The first-order valence-electron chi connectivity index (χ1n) is 9.31. The summed E-state index contributed by atoms with van der Waals surface area (Å²) in [6, 6.07) is 9.90. The van der Waals surface area contributed by atoms with Crippen LogP contribution in [0.15, 0.2) is 41.5 Å². The Morgan fingerprint density at radius 2 is 1.89 bits per heavy atom. The summed E-state index contributed by atoms with van der Waals surface area (Å²) in [5.41, 5.74) is 2.18. The lowest BCUT2D eigenvalue weighted by atomic mass is 10.2. The van der Waals surface area contributed by atoms with E-state index < -0.39 is 0 Å². The van der Waals surface area contributed by atoms with E-state index in [1.54, 1.807) is 14.2 Å². The fourth-order valence-corrected chi connectivity index (χ4v) is 2.75. The summed E-state index contributed by atoms with van der Waals surface area (Å²) in [6.45, 7) is 4.10. The number of ether oxygens (including phenoxy) is 2. The summed E-state index contributed by atoms with van der Waals surface area (Å²) >= 11 is 0. The number of anilines is 1. The second-order valence-corrected chi connectivity index (χ2v) is 6.62. The number of guanidine groups is 1. The summed E-state index contributed by atoms with van der Waals surface area (Å²) in [5.74, 6) is 3.34. The number of benzene rings is 1. The van der Waals surface area contributed by atoms with Crippen LogP contribution in [0.2, 0.25) is 0 Å². The van der Waals surface area contributed by atoms with E-state index in [4.69, 9.17) is 14.5 Å². The number of pyridine rings is 1. The highest BCUT2D eigenvalue weighted by Crippen LogP contribution is 2.25. The summed E-state index contributed by atoms with van der Waals surface area (Å²) < 4.78 is 10.8. The van der Waals surface area contributed by atoms with Crippen molar-refractivity contribution in [2.45, 2.75) is 20.0 Å². The summed E-state index contributed by atoms with van der Waals surface area (Å²) in [5, 5.41) is 3.35. The molecular formula is C21H31N5O2. The Kier molecular flexibility index (Phi) is 7.92. The molecule has 1 heterocycles. The molecule has 0 saturated heterocycles. The number of methoxy groups -OCH3 is 2. The van der Waals surface area contributed by atoms with Gasteiger partial charge in [0.15, 0.2) is 5.96 Å². The Balaban J connectivity index is 2.16. The molecule has 7 heteroatoms. The molecule has 0 amide bonds. The topological polar surface area (TPSA) is 62.2 Å². The van der Waals surface area contributed by atoms with Crippen LogP contribution in [0.5, 0.6) is 11.5 Å². The lowest BCUT2D eigenvalue weighted by Crippen LogP contribution is -2.38. The Labute approximate surface area is 168 Å². The SMILES string of the molecule is CCNC(=NCc1ccnc(N(C)C)c1)N(C)Cc1ccc(OC)cc1OC. The smallest absolute Gasteiger partial charge is 0.194 e. The maximum absolute atomic E-state index is 5.51. The molecule has 7 nitrogen and oxygen atoms in total. The molecule has 0 aliphatic heterocycles. The molecule has 1 aromatic heterocycles. The second-order valence-electron chi connectivity index (χ2n) is 6.62. The van der Waals surface area contributed by atoms with Crippen LogP contribution in [-0.2, 0) is 13.1 Å². The Hall–Kier alpha value is -2.96. The third-order valence-electron chi connectivity index (χ3n) is 4.28. The van der Waals surface area contributed by atoms with Gasteiger partial charge in [-0.15, -0.1) is 0 Å². The van der Waals surface area contributed by atoms with Gasteiger partial charge < -0.3 is 24.6 Å². The van der Waals surface area contributed by atoms with Crippen LogP contribution in [0.1, 0.15) is 18.1 Å². The molecule has 0 atom stereocenters. The third kappa shape index (κ3) is 5.77. The number of aromatic nitrogens is 1. The zero-order valence-electron chi connectivity index (χ0n) is 17.7. The number of rotatable bonds is 8. The first-order chi connectivity index (χ1) is 13.5. The van der Waals surface area contributed by atoms with Crippen molar-refractivity contribution in [3.8, 4) is 11.5 Å². The summed E-state index contributed by atoms with van der Waals surface area (Å²) in [4.78, 5) is 13.2. The van der Waals surface area contributed by atoms with Crippen LogP contribution in [0.25, 0.3) is 0 Å². The molecule has 0 bridgehead atoms. The van der Waals surface area contributed by atoms with Gasteiger partial charge in [-0.05, 0) is 36.8 Å². The van der Waals surface area contributed by atoms with Crippen LogP contribution in [0.4, 0.5) is 5.82 Å².